The molecule has 1 heterocycles. The van der Waals surface area contributed by atoms with E-state index in [0.717, 1.165) is 13.9 Å². The fraction of sp³-hybridized carbons (Fsp3) is 1.00. The molecule has 0 saturated carbocycles. The van der Waals surface area contributed by atoms with Crippen molar-refractivity contribution in [2.45, 2.75) is 4.75 Å². The van der Waals surface area contributed by atoms with Crippen LogP contribution in [-0.2, 0) is 19.1 Å². The summed E-state index contributed by atoms with van der Waals surface area (Å²) in [5.74, 6) is 0. The third-order valence-electron chi connectivity index (χ3n) is 1.90. The Balaban J connectivity index is 2.88. The fourth-order valence-corrected chi connectivity index (χ4v) is 1.68. The van der Waals surface area contributed by atoms with Crippen molar-refractivity contribution in [1.29, 1.82) is 0 Å². The Morgan fingerprint density at radius 3 is 2.25 bits per heavy atom. The maximum atomic E-state index is 11.2. The molecule has 1 fully saturated rings. The number of sulfone groups is 1. The van der Waals surface area contributed by atoms with E-state index in [0.29, 0.717) is 0 Å². The number of hydrogen-bond donors (Lipinski definition) is 1. The second-order valence-corrected chi connectivity index (χ2v) is 5.24. The lowest BCUT2D eigenvalue weighted by atomic mass is 10.1. The van der Waals surface area contributed by atoms with E-state index in [-0.39, 0.29) is 13.2 Å². The predicted octanol–water partition coefficient (Wildman–Crippen LogP) is -1.66. The average molecular weight is 193 g/mol. The van der Waals surface area contributed by atoms with Crippen LogP contribution < -0.4 is 0 Å². The van der Waals surface area contributed by atoms with Crippen molar-refractivity contribution in [3.63, 3.8) is 0 Å². The second-order valence-electron chi connectivity index (χ2n) is 2.83. The van der Waals surface area contributed by atoms with Crippen LogP contribution >= 0.6 is 0 Å². The van der Waals surface area contributed by atoms with E-state index in [1.54, 1.807) is 0 Å². The molecule has 5 nitrogen and oxygen atoms in total. The topological polar surface area (TPSA) is 72.8 Å². The first kappa shape index (κ1) is 9.98. The summed E-state index contributed by atoms with van der Waals surface area (Å²) in [7, 11) is -2.28. The van der Waals surface area contributed by atoms with Gasteiger partial charge < -0.3 is 14.4 Å². The molecule has 1 rings (SSSR count). The molecule has 0 atom stereocenters. The number of aliphatic hydroxyl groups is 1. The van der Waals surface area contributed by atoms with Gasteiger partial charge in [0.1, 0.15) is 4.75 Å². The molecule has 0 bridgehead atoms. The van der Waals surface area contributed by atoms with Crippen LogP contribution in [0.5, 0.6) is 0 Å². The summed E-state index contributed by atoms with van der Waals surface area (Å²) in [5.41, 5.74) is 0. The van der Waals surface area contributed by atoms with Crippen molar-refractivity contribution in [2.24, 2.45) is 0 Å². The highest BCUT2D eigenvalue weighted by atomic mass is 32.2. The van der Waals surface area contributed by atoms with Crippen molar-refractivity contribution < 1.29 is 22.8 Å². The van der Waals surface area contributed by atoms with Gasteiger partial charge in [0.25, 0.3) is 0 Å². The average Bonchev–Trinajstić information content (AvgIpc) is 2.04. The largest absolute Gasteiger partial charge is 0.488 e. The van der Waals surface area contributed by atoms with E-state index in [4.69, 9.17) is 14.4 Å². The van der Waals surface area contributed by atoms with Gasteiger partial charge in [-0.1, -0.05) is 0 Å². The first-order valence-electron chi connectivity index (χ1n) is 3.37. The molecule has 12 heavy (non-hydrogen) atoms. The molecule has 0 aromatic heterocycles. The molecular weight excluding hydrogens is 183 g/mol. The summed E-state index contributed by atoms with van der Waals surface area (Å²) in [6, 6.07) is 0. The highest BCUT2D eigenvalue weighted by Crippen LogP contribution is 2.20. The van der Waals surface area contributed by atoms with E-state index in [1.807, 2.05) is 0 Å². The number of aliphatic hydroxyl groups excluding tert-OH is 1. The normalized spacial score (nSPS) is 23.2. The summed E-state index contributed by atoms with van der Waals surface area (Å²) in [6.07, 6.45) is 1.06. The van der Waals surface area contributed by atoms with Gasteiger partial charge in [-0.2, -0.15) is 0 Å². The van der Waals surface area contributed by atoms with Gasteiger partial charge in [0.15, 0.2) is 9.84 Å². The van der Waals surface area contributed by atoms with E-state index in [2.05, 4.69) is 0 Å². The van der Waals surface area contributed by atoms with E-state index < -0.39 is 21.2 Å². The van der Waals surface area contributed by atoms with Crippen molar-refractivity contribution in [3.05, 3.63) is 0 Å². The van der Waals surface area contributed by atoms with Crippen LogP contribution in [0.15, 0.2) is 0 Å². The molecule has 0 unspecified atom stereocenters. The molecule has 0 amide bonds. The van der Waals surface area contributed by atoms with Crippen LogP contribution in [-0.4, -0.2) is 52.0 Å². The third kappa shape index (κ3) is 1.63. The number of rotatable bonds is 2. The van der Waals surface area contributed by atoms with Gasteiger partial charge in [-0.3, -0.25) is 0 Å². The lowest BCUT2D eigenvalue weighted by Gasteiger charge is -2.32. The minimum absolute atomic E-state index is 0.0532. The molecule has 1 N–H and O–H groups in total. The van der Waals surface area contributed by atoms with Crippen LogP contribution in [0, 0.1) is 0 Å². The van der Waals surface area contributed by atoms with E-state index in [9.17, 15) is 8.42 Å². The molecule has 0 aromatic carbocycles. The summed E-state index contributed by atoms with van der Waals surface area (Å²) in [5, 5.41) is 8.92. The van der Waals surface area contributed by atoms with Crippen molar-refractivity contribution in [3.8, 4) is 0 Å². The van der Waals surface area contributed by atoms with Crippen molar-refractivity contribution in [2.75, 3.05) is 26.1 Å². The van der Waals surface area contributed by atoms with Crippen molar-refractivity contribution in [1.82, 2.24) is 0 Å². The molecule has 0 aromatic rings. The minimum atomic E-state index is -3.36. The zero-order valence-electron chi connectivity index (χ0n) is 6.69. The lowest BCUT2D eigenvalue weighted by molar-refractivity contribution is 0.0765. The van der Waals surface area contributed by atoms with Crippen LogP contribution in [0.1, 0.15) is 0 Å². The van der Waals surface area contributed by atoms with Gasteiger partial charge >= 0.3 is 7.69 Å². The summed E-state index contributed by atoms with van der Waals surface area (Å²) >= 11 is 0. The van der Waals surface area contributed by atoms with Gasteiger partial charge in [0, 0.05) is 6.26 Å². The van der Waals surface area contributed by atoms with Crippen LogP contribution in [0.25, 0.3) is 0 Å². The van der Waals surface area contributed by atoms with Crippen molar-refractivity contribution >= 4 is 17.5 Å². The Bertz CT molecular complexity index is 243. The summed E-state index contributed by atoms with van der Waals surface area (Å²) < 4.78 is 30.6. The van der Waals surface area contributed by atoms with Crippen LogP contribution in [0.2, 0.25) is 0 Å². The zero-order valence-corrected chi connectivity index (χ0v) is 7.50. The van der Waals surface area contributed by atoms with Crippen LogP contribution in [0.4, 0.5) is 0 Å². The first-order chi connectivity index (χ1) is 5.52. The first-order valence-corrected chi connectivity index (χ1v) is 5.26. The van der Waals surface area contributed by atoms with Gasteiger partial charge in [-0.15, -0.1) is 0 Å². The van der Waals surface area contributed by atoms with Crippen LogP contribution in [0.3, 0.4) is 0 Å². The zero-order chi connectivity index (χ0) is 9.24. The minimum Gasteiger partial charge on any atom is -0.411 e. The smallest absolute Gasteiger partial charge is 0.411 e. The second kappa shape index (κ2) is 3.33. The molecule has 0 aliphatic carbocycles. The molecule has 1 aliphatic rings. The molecule has 0 spiro atoms. The standard InChI is InChI=1S/C5H10BO5S/c1-12(8,9)5(2-7)3-10-6-11-4-5/h7H,2-4H2,1H3. The lowest BCUT2D eigenvalue weighted by Crippen LogP contribution is -2.53. The maximum absolute atomic E-state index is 11.2. The fourth-order valence-electron chi connectivity index (χ4n) is 0.884. The van der Waals surface area contributed by atoms with E-state index >= 15 is 0 Å². The Kier molecular flexibility index (Phi) is 2.77. The monoisotopic (exact) mass is 193 g/mol. The van der Waals surface area contributed by atoms with Gasteiger partial charge in [-0.05, 0) is 0 Å². The predicted molar refractivity (Wildman–Crippen MR) is 42.3 cm³/mol. The Labute approximate surface area is 71.9 Å². The Hall–Kier alpha value is -0.105. The SMILES string of the molecule is CS(=O)(=O)C1(CO)CO[B]OC1. The highest BCUT2D eigenvalue weighted by molar-refractivity contribution is 7.92. The van der Waals surface area contributed by atoms with Gasteiger partial charge in [-0.25, -0.2) is 8.42 Å². The molecular formula is C5H10BO5S. The molecule has 1 radical (unpaired) electrons. The number of hydrogen-bond acceptors (Lipinski definition) is 5. The summed E-state index contributed by atoms with van der Waals surface area (Å²) in [6.45, 7) is -0.593. The quantitative estimate of drug-likeness (QED) is 0.531. The Morgan fingerprint density at radius 2 is 2.00 bits per heavy atom. The molecule has 1 saturated heterocycles. The molecule has 1 aliphatic heterocycles. The molecule has 7 heteroatoms. The van der Waals surface area contributed by atoms with E-state index in [1.165, 1.54) is 0 Å². The van der Waals surface area contributed by atoms with Gasteiger partial charge in [0.2, 0.25) is 0 Å². The van der Waals surface area contributed by atoms with Gasteiger partial charge in [0.05, 0.1) is 19.8 Å². The molecule has 69 valence electrons. The highest BCUT2D eigenvalue weighted by Gasteiger charge is 2.43. The maximum Gasteiger partial charge on any atom is 0.488 e. The Morgan fingerprint density at radius 1 is 1.50 bits per heavy atom. The summed E-state index contributed by atoms with van der Waals surface area (Å²) in [4.78, 5) is 0. The third-order valence-corrected chi connectivity index (χ3v) is 3.84.